The number of hydrogen-bond donors (Lipinski definition) is 2. The van der Waals surface area contributed by atoms with Crippen LogP contribution in [0.25, 0.3) is 0 Å². The molecule has 0 aromatic rings. The third-order valence-electron chi connectivity index (χ3n) is 1.33. The van der Waals surface area contributed by atoms with E-state index in [1.54, 1.807) is 0 Å². The fourth-order valence-corrected chi connectivity index (χ4v) is 1.63. The third-order valence-corrected chi connectivity index (χ3v) is 2.13. The molecule has 0 aliphatic carbocycles. The first-order chi connectivity index (χ1) is 5.56. The fraction of sp³-hybridized carbons (Fsp3) is 0.714. The Morgan fingerprint density at radius 3 is 1.92 bits per heavy atom. The molecule has 0 unspecified atom stereocenters. The molecule has 4 nitrogen and oxygen atoms in total. The average Bonchev–Trinajstić information content (AvgIpc) is 1.84. The van der Waals surface area contributed by atoms with Gasteiger partial charge < -0.3 is 10.2 Å². The second kappa shape index (κ2) is 5.88. The van der Waals surface area contributed by atoms with Gasteiger partial charge in [0.05, 0.1) is 0 Å². The molecule has 0 bridgehead atoms. The summed E-state index contributed by atoms with van der Waals surface area (Å²) in [5, 5.41) is 16.8. The third kappa shape index (κ3) is 6.03. The van der Waals surface area contributed by atoms with Gasteiger partial charge in [-0.2, -0.15) is 11.8 Å². The molecule has 0 aromatic carbocycles. The van der Waals surface area contributed by atoms with Crippen molar-refractivity contribution < 1.29 is 19.8 Å². The van der Waals surface area contributed by atoms with Crippen LogP contribution >= 0.6 is 11.8 Å². The Kier molecular flexibility index (Phi) is 5.53. The van der Waals surface area contributed by atoms with Crippen molar-refractivity contribution in [1.82, 2.24) is 0 Å². The fourth-order valence-electron chi connectivity index (χ4n) is 0.920. The molecule has 0 radical (unpaired) electrons. The van der Waals surface area contributed by atoms with Crippen molar-refractivity contribution in [3.05, 3.63) is 0 Å². The molecular weight excluding hydrogens is 180 g/mol. The Bertz CT molecular complexity index is 153. The largest absolute Gasteiger partial charge is 0.481 e. The lowest BCUT2D eigenvalue weighted by molar-refractivity contribution is -0.140. The number of carbonyl (C=O) groups is 2. The van der Waals surface area contributed by atoms with Crippen molar-refractivity contribution in [3.63, 3.8) is 0 Å². The van der Waals surface area contributed by atoms with Gasteiger partial charge in [-0.1, -0.05) is 0 Å². The standard InChI is InChI=1S/C7H12O4S/c1-12-4-5(2-6(8)9)3-7(10)11/h5H,2-4H2,1H3,(H,8,9)(H,10,11). The first-order valence-corrected chi connectivity index (χ1v) is 4.88. The highest BCUT2D eigenvalue weighted by Gasteiger charge is 2.15. The van der Waals surface area contributed by atoms with Crippen molar-refractivity contribution in [2.45, 2.75) is 12.8 Å². The zero-order valence-corrected chi connectivity index (χ0v) is 7.63. The van der Waals surface area contributed by atoms with Gasteiger partial charge in [0.15, 0.2) is 0 Å². The highest BCUT2D eigenvalue weighted by atomic mass is 32.2. The highest BCUT2D eigenvalue weighted by Crippen LogP contribution is 2.14. The van der Waals surface area contributed by atoms with E-state index in [1.165, 1.54) is 11.8 Å². The van der Waals surface area contributed by atoms with Crippen LogP contribution < -0.4 is 0 Å². The van der Waals surface area contributed by atoms with E-state index in [0.717, 1.165) is 0 Å². The lowest BCUT2D eigenvalue weighted by atomic mass is 10.0. The van der Waals surface area contributed by atoms with Gasteiger partial charge in [-0.25, -0.2) is 0 Å². The van der Waals surface area contributed by atoms with Crippen molar-refractivity contribution in [2.75, 3.05) is 12.0 Å². The second-order valence-electron chi connectivity index (χ2n) is 2.52. The van der Waals surface area contributed by atoms with Gasteiger partial charge in [0.25, 0.3) is 0 Å². The minimum Gasteiger partial charge on any atom is -0.481 e. The topological polar surface area (TPSA) is 74.6 Å². The number of carboxylic acid groups (broad SMARTS) is 2. The van der Waals surface area contributed by atoms with Crippen LogP contribution in [0.3, 0.4) is 0 Å². The smallest absolute Gasteiger partial charge is 0.303 e. The molecule has 0 spiro atoms. The Morgan fingerprint density at radius 1 is 1.25 bits per heavy atom. The summed E-state index contributed by atoms with van der Waals surface area (Å²) in [6, 6.07) is 0. The van der Waals surface area contributed by atoms with E-state index in [9.17, 15) is 9.59 Å². The number of hydrogen-bond acceptors (Lipinski definition) is 3. The van der Waals surface area contributed by atoms with Gasteiger partial charge in [-0.15, -0.1) is 0 Å². The van der Waals surface area contributed by atoms with Gasteiger partial charge in [0.1, 0.15) is 0 Å². The maximum Gasteiger partial charge on any atom is 0.303 e. The summed E-state index contributed by atoms with van der Waals surface area (Å²) in [5.74, 6) is -1.54. The van der Waals surface area contributed by atoms with Crippen LogP contribution in [-0.4, -0.2) is 34.2 Å². The van der Waals surface area contributed by atoms with E-state index < -0.39 is 11.9 Å². The van der Waals surface area contributed by atoms with Crippen LogP contribution in [0.5, 0.6) is 0 Å². The van der Waals surface area contributed by atoms with Crippen LogP contribution in [0.2, 0.25) is 0 Å². The van der Waals surface area contributed by atoms with Gasteiger partial charge >= 0.3 is 11.9 Å². The summed E-state index contributed by atoms with van der Waals surface area (Å²) in [4.78, 5) is 20.5. The SMILES string of the molecule is CSCC(CC(=O)O)CC(=O)O. The maximum atomic E-state index is 10.3. The minimum absolute atomic E-state index is 0.0624. The monoisotopic (exact) mass is 192 g/mol. The van der Waals surface area contributed by atoms with E-state index in [-0.39, 0.29) is 18.8 Å². The van der Waals surface area contributed by atoms with Crippen molar-refractivity contribution >= 4 is 23.7 Å². The van der Waals surface area contributed by atoms with Gasteiger partial charge in [-0.3, -0.25) is 9.59 Å². The second-order valence-corrected chi connectivity index (χ2v) is 3.43. The molecular formula is C7H12O4S. The molecule has 0 heterocycles. The number of rotatable bonds is 6. The maximum absolute atomic E-state index is 10.3. The molecule has 0 aliphatic rings. The van der Waals surface area contributed by atoms with E-state index in [1.807, 2.05) is 6.26 Å². The molecule has 0 aromatic heterocycles. The van der Waals surface area contributed by atoms with E-state index in [2.05, 4.69) is 0 Å². The van der Waals surface area contributed by atoms with Crippen LogP contribution in [0, 0.1) is 5.92 Å². The van der Waals surface area contributed by atoms with Crippen molar-refractivity contribution in [1.29, 1.82) is 0 Å². The summed E-state index contributed by atoms with van der Waals surface area (Å²) in [5.41, 5.74) is 0. The molecule has 0 saturated heterocycles. The minimum atomic E-state index is -0.935. The van der Waals surface area contributed by atoms with E-state index >= 15 is 0 Å². The molecule has 12 heavy (non-hydrogen) atoms. The molecule has 70 valence electrons. The molecule has 2 N–H and O–H groups in total. The molecule has 0 rings (SSSR count). The lowest BCUT2D eigenvalue weighted by Crippen LogP contribution is -2.14. The lowest BCUT2D eigenvalue weighted by Gasteiger charge is -2.09. The summed E-state index contributed by atoms with van der Waals surface area (Å²) in [7, 11) is 0. The number of aliphatic carboxylic acids is 2. The van der Waals surface area contributed by atoms with Gasteiger partial charge in [0, 0.05) is 12.8 Å². The zero-order valence-electron chi connectivity index (χ0n) is 6.82. The van der Waals surface area contributed by atoms with Crippen molar-refractivity contribution in [2.24, 2.45) is 5.92 Å². The first-order valence-electron chi connectivity index (χ1n) is 3.48. The van der Waals surface area contributed by atoms with Crippen LogP contribution in [0.1, 0.15) is 12.8 Å². The van der Waals surface area contributed by atoms with Crippen LogP contribution in [0.15, 0.2) is 0 Å². The summed E-state index contributed by atoms with van der Waals surface area (Å²) in [6.45, 7) is 0. The Hall–Kier alpha value is -0.710. The molecule has 0 saturated carbocycles. The predicted molar refractivity (Wildman–Crippen MR) is 46.4 cm³/mol. The van der Waals surface area contributed by atoms with Gasteiger partial charge in [0.2, 0.25) is 0 Å². The molecule has 0 atom stereocenters. The Labute approximate surface area is 75.0 Å². The highest BCUT2D eigenvalue weighted by molar-refractivity contribution is 7.98. The number of thioether (sulfide) groups is 1. The summed E-state index contributed by atoms with van der Waals surface area (Å²) in [6.07, 6.45) is 1.71. The molecule has 0 fully saturated rings. The van der Waals surface area contributed by atoms with E-state index in [4.69, 9.17) is 10.2 Å². The van der Waals surface area contributed by atoms with E-state index in [0.29, 0.717) is 5.75 Å². The quantitative estimate of drug-likeness (QED) is 0.654. The molecule has 5 heteroatoms. The van der Waals surface area contributed by atoms with Crippen LogP contribution in [-0.2, 0) is 9.59 Å². The number of carboxylic acids is 2. The zero-order chi connectivity index (χ0) is 9.56. The van der Waals surface area contributed by atoms with Crippen LogP contribution in [0.4, 0.5) is 0 Å². The summed E-state index contributed by atoms with van der Waals surface area (Å²) >= 11 is 1.47. The molecule has 0 amide bonds. The van der Waals surface area contributed by atoms with Crippen molar-refractivity contribution in [3.8, 4) is 0 Å². The Balaban J connectivity index is 3.85. The summed E-state index contributed by atoms with van der Waals surface area (Å²) < 4.78 is 0. The molecule has 0 aliphatic heterocycles. The Morgan fingerprint density at radius 2 is 1.67 bits per heavy atom. The normalized spacial score (nSPS) is 10.2. The first kappa shape index (κ1) is 11.3. The average molecular weight is 192 g/mol. The van der Waals surface area contributed by atoms with Gasteiger partial charge in [-0.05, 0) is 17.9 Å². The predicted octanol–water partition coefficient (Wildman–Crippen LogP) is 0.915.